The largest absolute Gasteiger partial charge is 0.481 e. The molecule has 0 bridgehead atoms. The second kappa shape index (κ2) is 5.75. The van der Waals surface area contributed by atoms with Crippen LogP contribution in [0.25, 0.3) is 11.4 Å². The molecule has 0 radical (unpaired) electrons. The fraction of sp³-hybridized carbons (Fsp3) is 0.400. The lowest BCUT2D eigenvalue weighted by molar-refractivity contribution is -0.141. The lowest BCUT2D eigenvalue weighted by Gasteiger charge is -2.32. The van der Waals surface area contributed by atoms with Crippen LogP contribution in [0.4, 0.5) is 10.1 Å². The molecule has 1 atom stereocenters. The lowest BCUT2D eigenvalue weighted by atomic mass is 9.97. The van der Waals surface area contributed by atoms with Crippen LogP contribution in [-0.4, -0.2) is 34.3 Å². The molecule has 116 valence electrons. The zero-order chi connectivity index (χ0) is 15.7. The highest BCUT2D eigenvalue weighted by atomic mass is 19.1. The van der Waals surface area contributed by atoms with Crippen LogP contribution in [0, 0.1) is 18.7 Å². The summed E-state index contributed by atoms with van der Waals surface area (Å²) in [6, 6.07) is 4.71. The maximum absolute atomic E-state index is 14.4. The number of carboxylic acids is 1. The summed E-state index contributed by atoms with van der Waals surface area (Å²) in [6.07, 6.45) is 1.37. The first-order valence-electron chi connectivity index (χ1n) is 7.12. The minimum Gasteiger partial charge on any atom is -0.481 e. The number of benzene rings is 1. The van der Waals surface area contributed by atoms with E-state index in [0.717, 1.165) is 6.42 Å². The van der Waals surface area contributed by atoms with Crippen LogP contribution in [0.5, 0.6) is 0 Å². The van der Waals surface area contributed by atoms with E-state index < -0.39 is 17.7 Å². The zero-order valence-electron chi connectivity index (χ0n) is 12.1. The topological polar surface area (TPSA) is 79.5 Å². The Balaban J connectivity index is 1.84. The van der Waals surface area contributed by atoms with Crippen molar-refractivity contribution >= 4 is 11.7 Å². The summed E-state index contributed by atoms with van der Waals surface area (Å²) in [4.78, 5) is 17.0. The SMILES string of the molecule is Cc1nc(-c2ccc(N3CCC[C@H](C(=O)O)C3)c(F)c2)no1. The number of nitrogens with zero attached hydrogens (tertiary/aromatic N) is 3. The highest BCUT2D eigenvalue weighted by Crippen LogP contribution is 2.28. The van der Waals surface area contributed by atoms with Gasteiger partial charge < -0.3 is 14.5 Å². The van der Waals surface area contributed by atoms with E-state index in [1.807, 2.05) is 0 Å². The van der Waals surface area contributed by atoms with Crippen molar-refractivity contribution in [2.45, 2.75) is 19.8 Å². The lowest BCUT2D eigenvalue weighted by Crippen LogP contribution is -2.39. The standard InChI is InChI=1S/C15H16FN3O3/c1-9-17-14(18-22-9)10-4-5-13(12(16)7-10)19-6-2-3-11(8-19)15(20)21/h4-5,7,11H,2-3,6,8H2,1H3,(H,20,21)/t11-/m0/s1. The first kappa shape index (κ1) is 14.5. The highest BCUT2D eigenvalue weighted by Gasteiger charge is 2.27. The number of aliphatic carboxylic acids is 1. The number of piperidine rings is 1. The number of hydrogen-bond donors (Lipinski definition) is 1. The Labute approximate surface area is 126 Å². The van der Waals surface area contributed by atoms with Gasteiger partial charge in [-0.3, -0.25) is 4.79 Å². The minimum atomic E-state index is -0.830. The molecule has 0 saturated carbocycles. The maximum atomic E-state index is 14.4. The number of anilines is 1. The molecule has 1 aliphatic rings. The Morgan fingerprint density at radius 2 is 2.32 bits per heavy atom. The van der Waals surface area contributed by atoms with Crippen molar-refractivity contribution in [3.05, 3.63) is 29.9 Å². The van der Waals surface area contributed by atoms with Crippen LogP contribution in [0.15, 0.2) is 22.7 Å². The molecular weight excluding hydrogens is 289 g/mol. The highest BCUT2D eigenvalue weighted by molar-refractivity contribution is 5.71. The van der Waals surface area contributed by atoms with Gasteiger partial charge in [0.05, 0.1) is 11.6 Å². The second-order valence-electron chi connectivity index (χ2n) is 5.43. The number of halogens is 1. The Morgan fingerprint density at radius 1 is 1.50 bits per heavy atom. The van der Waals surface area contributed by atoms with Gasteiger partial charge in [0, 0.05) is 25.6 Å². The van der Waals surface area contributed by atoms with Crippen LogP contribution in [0.1, 0.15) is 18.7 Å². The van der Waals surface area contributed by atoms with Crippen LogP contribution in [0.3, 0.4) is 0 Å². The molecule has 2 heterocycles. The van der Waals surface area contributed by atoms with E-state index in [2.05, 4.69) is 10.1 Å². The van der Waals surface area contributed by atoms with Crippen molar-refractivity contribution in [1.29, 1.82) is 0 Å². The molecule has 0 amide bonds. The van der Waals surface area contributed by atoms with Crippen molar-refractivity contribution in [2.24, 2.45) is 5.92 Å². The van der Waals surface area contributed by atoms with E-state index in [0.29, 0.717) is 42.5 Å². The smallest absolute Gasteiger partial charge is 0.308 e. The first-order chi connectivity index (χ1) is 10.5. The molecule has 1 aromatic heterocycles. The van der Waals surface area contributed by atoms with Crippen LogP contribution >= 0.6 is 0 Å². The fourth-order valence-electron chi connectivity index (χ4n) is 2.72. The van der Waals surface area contributed by atoms with Crippen molar-refractivity contribution < 1.29 is 18.8 Å². The van der Waals surface area contributed by atoms with Gasteiger partial charge in [0.25, 0.3) is 0 Å². The Kier molecular flexibility index (Phi) is 3.79. The van der Waals surface area contributed by atoms with E-state index in [9.17, 15) is 9.18 Å². The van der Waals surface area contributed by atoms with Crippen LogP contribution < -0.4 is 4.90 Å². The normalized spacial score (nSPS) is 18.5. The molecule has 6 nitrogen and oxygen atoms in total. The van der Waals surface area contributed by atoms with Crippen molar-refractivity contribution in [3.8, 4) is 11.4 Å². The summed E-state index contributed by atoms with van der Waals surface area (Å²) in [5, 5.41) is 12.9. The molecule has 3 rings (SSSR count). The molecule has 1 N–H and O–H groups in total. The summed E-state index contributed by atoms with van der Waals surface area (Å²) in [5.74, 6) is -0.938. The number of rotatable bonds is 3. The molecule has 1 saturated heterocycles. The molecular formula is C15H16FN3O3. The molecule has 7 heteroatoms. The van der Waals surface area contributed by atoms with Crippen LogP contribution in [-0.2, 0) is 4.79 Å². The molecule has 2 aromatic rings. The molecule has 0 unspecified atom stereocenters. The monoisotopic (exact) mass is 305 g/mol. The Bertz CT molecular complexity index is 701. The van der Waals surface area contributed by atoms with E-state index in [1.165, 1.54) is 6.07 Å². The van der Waals surface area contributed by atoms with E-state index >= 15 is 0 Å². The second-order valence-corrected chi connectivity index (χ2v) is 5.43. The summed E-state index contributed by atoms with van der Waals surface area (Å²) in [5.41, 5.74) is 0.944. The molecule has 22 heavy (non-hydrogen) atoms. The van der Waals surface area contributed by atoms with Crippen molar-refractivity contribution in [3.63, 3.8) is 0 Å². The zero-order valence-corrected chi connectivity index (χ0v) is 12.1. The van der Waals surface area contributed by atoms with Crippen LogP contribution in [0.2, 0.25) is 0 Å². The molecule has 1 fully saturated rings. The minimum absolute atomic E-state index is 0.326. The summed E-state index contributed by atoms with van der Waals surface area (Å²) < 4.78 is 19.3. The summed E-state index contributed by atoms with van der Waals surface area (Å²) >= 11 is 0. The Morgan fingerprint density at radius 3 is 2.95 bits per heavy atom. The van der Waals surface area contributed by atoms with E-state index in [-0.39, 0.29) is 0 Å². The molecule has 0 aliphatic carbocycles. The van der Waals surface area contributed by atoms with E-state index in [1.54, 1.807) is 24.0 Å². The van der Waals surface area contributed by atoms with Gasteiger partial charge in [0.2, 0.25) is 11.7 Å². The number of aromatic nitrogens is 2. The van der Waals surface area contributed by atoms with Gasteiger partial charge in [-0.1, -0.05) is 5.16 Å². The molecule has 0 spiro atoms. The van der Waals surface area contributed by atoms with Gasteiger partial charge in [-0.05, 0) is 31.0 Å². The van der Waals surface area contributed by atoms with Gasteiger partial charge in [0.1, 0.15) is 5.82 Å². The first-order valence-corrected chi connectivity index (χ1v) is 7.12. The number of aryl methyl sites for hydroxylation is 1. The Hall–Kier alpha value is -2.44. The van der Waals surface area contributed by atoms with Gasteiger partial charge in [0.15, 0.2) is 0 Å². The molecule has 1 aromatic carbocycles. The van der Waals surface area contributed by atoms with Gasteiger partial charge in [-0.2, -0.15) is 4.98 Å². The van der Waals surface area contributed by atoms with Crippen molar-refractivity contribution in [1.82, 2.24) is 10.1 Å². The third-order valence-electron chi connectivity index (χ3n) is 3.84. The predicted octanol–water partition coefficient (Wildman–Crippen LogP) is 2.49. The maximum Gasteiger partial charge on any atom is 0.308 e. The van der Waals surface area contributed by atoms with E-state index in [4.69, 9.17) is 9.63 Å². The third-order valence-corrected chi connectivity index (χ3v) is 3.84. The average Bonchev–Trinajstić information content (AvgIpc) is 2.94. The third kappa shape index (κ3) is 2.79. The van der Waals surface area contributed by atoms with Gasteiger partial charge in [-0.25, -0.2) is 4.39 Å². The number of hydrogen-bond acceptors (Lipinski definition) is 5. The number of carbonyl (C=O) groups is 1. The number of carboxylic acid groups (broad SMARTS) is 1. The van der Waals surface area contributed by atoms with Crippen molar-refractivity contribution in [2.75, 3.05) is 18.0 Å². The summed E-state index contributed by atoms with van der Waals surface area (Å²) in [7, 11) is 0. The van der Waals surface area contributed by atoms with Gasteiger partial charge in [-0.15, -0.1) is 0 Å². The fourth-order valence-corrected chi connectivity index (χ4v) is 2.72. The quantitative estimate of drug-likeness (QED) is 0.938. The molecule has 1 aliphatic heterocycles. The average molecular weight is 305 g/mol. The predicted molar refractivity (Wildman–Crippen MR) is 77.0 cm³/mol. The van der Waals surface area contributed by atoms with Gasteiger partial charge >= 0.3 is 5.97 Å². The summed E-state index contributed by atoms with van der Waals surface area (Å²) in [6.45, 7) is 2.65.